The molecule has 33 heavy (non-hydrogen) atoms. The number of rotatable bonds is 9. The zero-order valence-corrected chi connectivity index (χ0v) is 18.0. The van der Waals surface area contributed by atoms with Crippen molar-refractivity contribution >= 4 is 23.3 Å². The smallest absolute Gasteiger partial charge is 0.342 e. The van der Waals surface area contributed by atoms with Crippen LogP contribution in [0.15, 0.2) is 72.8 Å². The van der Waals surface area contributed by atoms with E-state index in [2.05, 4.69) is 5.32 Å². The Kier molecular flexibility index (Phi) is 7.59. The predicted molar refractivity (Wildman–Crippen MR) is 120 cm³/mol. The van der Waals surface area contributed by atoms with Crippen LogP contribution in [0, 0.1) is 10.1 Å². The summed E-state index contributed by atoms with van der Waals surface area (Å²) in [5, 5.41) is 13.5. The van der Waals surface area contributed by atoms with Gasteiger partial charge in [-0.15, -0.1) is 0 Å². The lowest BCUT2D eigenvalue weighted by Gasteiger charge is -2.16. The van der Waals surface area contributed by atoms with Gasteiger partial charge in [0, 0.05) is 12.1 Å². The van der Waals surface area contributed by atoms with E-state index in [1.165, 1.54) is 32.2 Å². The molecule has 0 saturated carbocycles. The van der Waals surface area contributed by atoms with E-state index < -0.39 is 22.9 Å². The van der Waals surface area contributed by atoms with E-state index in [1.54, 1.807) is 18.2 Å². The Labute approximate surface area is 190 Å². The molecule has 9 heteroatoms. The van der Waals surface area contributed by atoms with Gasteiger partial charge in [0.2, 0.25) is 0 Å². The average Bonchev–Trinajstić information content (AvgIpc) is 2.83. The molecule has 0 aromatic heterocycles. The SMILES string of the molecule is COc1ccc([N+](=O)[O-])cc1NC(=O)C(C)OC(=O)c1ccccc1OCc1ccccc1. The van der Waals surface area contributed by atoms with Crippen molar-refractivity contribution in [3.8, 4) is 11.5 Å². The van der Waals surface area contributed by atoms with Crippen LogP contribution in [0.25, 0.3) is 0 Å². The summed E-state index contributed by atoms with van der Waals surface area (Å²) in [5.74, 6) is -0.872. The Morgan fingerprint density at radius 3 is 2.39 bits per heavy atom. The summed E-state index contributed by atoms with van der Waals surface area (Å²) in [6, 6.07) is 19.8. The van der Waals surface area contributed by atoms with Crippen molar-refractivity contribution in [1.82, 2.24) is 0 Å². The average molecular weight is 450 g/mol. The maximum absolute atomic E-state index is 12.7. The van der Waals surface area contributed by atoms with Gasteiger partial charge in [-0.05, 0) is 30.7 Å². The van der Waals surface area contributed by atoms with Crippen molar-refractivity contribution in [1.29, 1.82) is 0 Å². The Morgan fingerprint density at radius 2 is 1.70 bits per heavy atom. The highest BCUT2D eigenvalue weighted by Crippen LogP contribution is 2.29. The van der Waals surface area contributed by atoms with E-state index in [0.29, 0.717) is 5.75 Å². The molecule has 1 atom stereocenters. The van der Waals surface area contributed by atoms with Crippen molar-refractivity contribution in [2.45, 2.75) is 19.6 Å². The number of carbonyl (C=O) groups excluding carboxylic acids is 2. The minimum Gasteiger partial charge on any atom is -0.495 e. The summed E-state index contributed by atoms with van der Waals surface area (Å²) in [6.45, 7) is 1.65. The molecule has 1 unspecified atom stereocenters. The van der Waals surface area contributed by atoms with Crippen LogP contribution in [-0.4, -0.2) is 30.0 Å². The Balaban J connectivity index is 1.68. The number of non-ortho nitro benzene ring substituents is 1. The van der Waals surface area contributed by atoms with E-state index in [9.17, 15) is 19.7 Å². The summed E-state index contributed by atoms with van der Waals surface area (Å²) in [5.41, 5.74) is 0.965. The zero-order chi connectivity index (χ0) is 23.8. The molecule has 0 aliphatic heterocycles. The van der Waals surface area contributed by atoms with Gasteiger partial charge in [-0.2, -0.15) is 0 Å². The zero-order valence-electron chi connectivity index (χ0n) is 18.0. The number of nitrogens with one attached hydrogen (secondary N) is 1. The van der Waals surface area contributed by atoms with Crippen molar-refractivity contribution in [2.75, 3.05) is 12.4 Å². The number of hydrogen-bond donors (Lipinski definition) is 1. The summed E-state index contributed by atoms with van der Waals surface area (Å²) in [7, 11) is 1.37. The number of anilines is 1. The third kappa shape index (κ3) is 6.07. The number of amides is 1. The Hall–Kier alpha value is -4.40. The molecule has 0 fully saturated rings. The highest BCUT2D eigenvalue weighted by molar-refractivity contribution is 5.99. The number of esters is 1. The number of para-hydroxylation sites is 1. The van der Waals surface area contributed by atoms with Gasteiger partial charge in [0.15, 0.2) is 6.10 Å². The fourth-order valence-electron chi connectivity index (χ4n) is 2.92. The molecule has 3 aromatic rings. The summed E-state index contributed by atoms with van der Waals surface area (Å²) >= 11 is 0. The molecule has 0 saturated heterocycles. The minimum absolute atomic E-state index is 0.0891. The van der Waals surface area contributed by atoms with E-state index in [4.69, 9.17) is 14.2 Å². The van der Waals surface area contributed by atoms with Crippen molar-refractivity contribution < 1.29 is 28.7 Å². The van der Waals surface area contributed by atoms with Crippen LogP contribution >= 0.6 is 0 Å². The number of nitro benzene ring substituents is 1. The first kappa shape index (κ1) is 23.3. The molecule has 3 aromatic carbocycles. The van der Waals surface area contributed by atoms with Gasteiger partial charge in [0.25, 0.3) is 11.6 Å². The first-order valence-electron chi connectivity index (χ1n) is 9.99. The highest BCUT2D eigenvalue weighted by Gasteiger charge is 2.23. The van der Waals surface area contributed by atoms with Crippen LogP contribution in [-0.2, 0) is 16.1 Å². The molecular weight excluding hydrogens is 428 g/mol. The minimum atomic E-state index is -1.19. The predicted octanol–water partition coefficient (Wildman–Crippen LogP) is 4.37. The van der Waals surface area contributed by atoms with Crippen LogP contribution in [0.2, 0.25) is 0 Å². The van der Waals surface area contributed by atoms with Gasteiger partial charge in [-0.25, -0.2) is 4.79 Å². The first-order valence-corrected chi connectivity index (χ1v) is 9.99. The summed E-state index contributed by atoms with van der Waals surface area (Å²) < 4.78 is 16.2. The molecule has 1 N–H and O–H groups in total. The molecule has 1 amide bonds. The van der Waals surface area contributed by atoms with E-state index in [1.807, 2.05) is 30.3 Å². The standard InChI is InChI=1S/C24H22N2O7/c1-16(23(27)25-20-14-18(26(29)30)12-13-22(20)31-2)33-24(28)19-10-6-7-11-21(19)32-15-17-8-4-3-5-9-17/h3-14,16H,15H2,1-2H3,(H,25,27). The second-order valence-electron chi connectivity index (χ2n) is 6.95. The van der Waals surface area contributed by atoms with Crippen molar-refractivity contribution in [3.05, 3.63) is 94.0 Å². The fourth-order valence-corrected chi connectivity index (χ4v) is 2.92. The lowest BCUT2D eigenvalue weighted by molar-refractivity contribution is -0.384. The van der Waals surface area contributed by atoms with Gasteiger partial charge in [0.05, 0.1) is 17.7 Å². The van der Waals surface area contributed by atoms with Gasteiger partial charge in [-0.3, -0.25) is 14.9 Å². The lowest BCUT2D eigenvalue weighted by Crippen LogP contribution is -2.30. The van der Waals surface area contributed by atoms with Crippen LogP contribution < -0.4 is 14.8 Å². The normalized spacial score (nSPS) is 11.2. The molecule has 0 bridgehead atoms. The van der Waals surface area contributed by atoms with Gasteiger partial charge >= 0.3 is 5.97 Å². The molecule has 0 radical (unpaired) electrons. The monoisotopic (exact) mass is 450 g/mol. The lowest BCUT2D eigenvalue weighted by atomic mass is 10.2. The van der Waals surface area contributed by atoms with Crippen molar-refractivity contribution in [2.24, 2.45) is 0 Å². The number of hydrogen-bond acceptors (Lipinski definition) is 7. The maximum Gasteiger partial charge on any atom is 0.342 e. The highest BCUT2D eigenvalue weighted by atomic mass is 16.6. The number of methoxy groups -OCH3 is 1. The third-order valence-corrected chi connectivity index (χ3v) is 4.65. The molecule has 3 rings (SSSR count). The second-order valence-corrected chi connectivity index (χ2v) is 6.95. The van der Waals surface area contributed by atoms with Crippen molar-refractivity contribution in [3.63, 3.8) is 0 Å². The Bertz CT molecular complexity index is 1150. The molecule has 9 nitrogen and oxygen atoms in total. The van der Waals surface area contributed by atoms with Gasteiger partial charge in [0.1, 0.15) is 23.7 Å². The molecule has 0 aliphatic carbocycles. The molecule has 0 spiro atoms. The number of ether oxygens (including phenoxy) is 3. The summed E-state index contributed by atoms with van der Waals surface area (Å²) in [6.07, 6.45) is -1.19. The maximum atomic E-state index is 12.7. The Morgan fingerprint density at radius 1 is 1.00 bits per heavy atom. The van der Waals surface area contributed by atoms with E-state index in [-0.39, 0.29) is 29.3 Å². The van der Waals surface area contributed by atoms with Crippen LogP contribution in [0.3, 0.4) is 0 Å². The largest absolute Gasteiger partial charge is 0.495 e. The van der Waals surface area contributed by atoms with E-state index in [0.717, 1.165) is 11.6 Å². The number of carbonyl (C=O) groups is 2. The number of nitro groups is 1. The number of benzene rings is 3. The molecular formula is C24H22N2O7. The van der Waals surface area contributed by atoms with Crippen LogP contribution in [0.1, 0.15) is 22.8 Å². The topological polar surface area (TPSA) is 117 Å². The molecule has 0 aliphatic rings. The number of nitrogens with zero attached hydrogens (tertiary/aromatic N) is 1. The third-order valence-electron chi connectivity index (χ3n) is 4.65. The van der Waals surface area contributed by atoms with Gasteiger partial charge < -0.3 is 19.5 Å². The summed E-state index contributed by atoms with van der Waals surface area (Å²) in [4.78, 5) is 35.7. The van der Waals surface area contributed by atoms with Crippen LogP contribution in [0.4, 0.5) is 11.4 Å². The van der Waals surface area contributed by atoms with Crippen LogP contribution in [0.5, 0.6) is 11.5 Å². The van der Waals surface area contributed by atoms with Gasteiger partial charge in [-0.1, -0.05) is 42.5 Å². The quantitative estimate of drug-likeness (QED) is 0.292. The molecule has 170 valence electrons. The van der Waals surface area contributed by atoms with E-state index >= 15 is 0 Å². The second kappa shape index (κ2) is 10.8. The fraction of sp³-hybridized carbons (Fsp3) is 0.167. The first-order chi connectivity index (χ1) is 15.9. The molecule has 0 heterocycles.